The van der Waals surface area contributed by atoms with Crippen LogP contribution in [0, 0.1) is 6.92 Å². The largest absolute Gasteiger partial charge is 0.308 e. The number of hydrogen-bond donors (Lipinski definition) is 1. The maximum Gasteiger partial charge on any atom is 0.0534 e. The van der Waals surface area contributed by atoms with Crippen LogP contribution >= 0.6 is 15.9 Å². The molecule has 96 valence electrons. The summed E-state index contributed by atoms with van der Waals surface area (Å²) in [5, 5.41) is 7.77. The quantitative estimate of drug-likeness (QED) is 0.918. The summed E-state index contributed by atoms with van der Waals surface area (Å²) in [6, 6.07) is 8.74. The van der Waals surface area contributed by atoms with Crippen LogP contribution < -0.4 is 5.32 Å². The molecule has 18 heavy (non-hydrogen) atoms. The first-order valence-corrected chi connectivity index (χ1v) is 6.92. The van der Waals surface area contributed by atoms with Crippen molar-refractivity contribution in [2.75, 3.05) is 6.54 Å². The van der Waals surface area contributed by atoms with Crippen molar-refractivity contribution in [2.45, 2.75) is 26.4 Å². The number of aryl methyl sites for hydroxylation is 1. The van der Waals surface area contributed by atoms with Crippen molar-refractivity contribution in [3.8, 4) is 0 Å². The topological polar surface area (TPSA) is 29.9 Å². The standard InChI is InChI=1S/C14H18BrN3/c1-11-9-17-18(10-11)7-6-16-12(2)13-4-3-5-14(15)8-13/h3-5,8-10,12,16H,6-7H2,1-2H3. The fraction of sp³-hybridized carbons (Fsp3) is 0.357. The molecule has 2 rings (SSSR count). The molecule has 2 aromatic rings. The van der Waals surface area contributed by atoms with Gasteiger partial charge in [0.1, 0.15) is 0 Å². The molecule has 0 radical (unpaired) electrons. The lowest BCUT2D eigenvalue weighted by molar-refractivity contribution is 0.507. The number of halogens is 1. The summed E-state index contributed by atoms with van der Waals surface area (Å²) >= 11 is 3.50. The second kappa shape index (κ2) is 6.16. The third-order valence-corrected chi connectivity index (χ3v) is 3.40. The van der Waals surface area contributed by atoms with Crippen LogP contribution in [-0.2, 0) is 6.54 Å². The van der Waals surface area contributed by atoms with Crippen LogP contribution in [0.1, 0.15) is 24.1 Å². The van der Waals surface area contributed by atoms with Crippen molar-refractivity contribution in [3.05, 3.63) is 52.3 Å². The van der Waals surface area contributed by atoms with Crippen molar-refractivity contribution in [2.24, 2.45) is 0 Å². The minimum Gasteiger partial charge on any atom is -0.308 e. The maximum absolute atomic E-state index is 4.27. The Kier molecular flexibility index (Phi) is 4.55. The zero-order valence-electron chi connectivity index (χ0n) is 10.7. The number of hydrogen-bond acceptors (Lipinski definition) is 2. The minimum absolute atomic E-state index is 0.346. The summed E-state index contributed by atoms with van der Waals surface area (Å²) < 4.78 is 3.09. The Morgan fingerprint density at radius 3 is 2.94 bits per heavy atom. The zero-order valence-corrected chi connectivity index (χ0v) is 12.3. The molecule has 4 heteroatoms. The molecule has 0 aliphatic carbocycles. The van der Waals surface area contributed by atoms with Crippen LogP contribution in [0.2, 0.25) is 0 Å². The minimum atomic E-state index is 0.346. The van der Waals surface area contributed by atoms with Gasteiger partial charge in [0.25, 0.3) is 0 Å². The van der Waals surface area contributed by atoms with Crippen molar-refractivity contribution in [1.82, 2.24) is 15.1 Å². The van der Waals surface area contributed by atoms with E-state index in [2.05, 4.69) is 64.6 Å². The van der Waals surface area contributed by atoms with Crippen molar-refractivity contribution < 1.29 is 0 Å². The van der Waals surface area contributed by atoms with E-state index in [1.54, 1.807) is 0 Å². The van der Waals surface area contributed by atoms with Gasteiger partial charge in [0.05, 0.1) is 12.7 Å². The second-order valence-electron chi connectivity index (χ2n) is 4.51. The third-order valence-electron chi connectivity index (χ3n) is 2.90. The molecular weight excluding hydrogens is 290 g/mol. The normalized spacial score (nSPS) is 12.6. The van der Waals surface area contributed by atoms with Crippen molar-refractivity contribution >= 4 is 15.9 Å². The van der Waals surface area contributed by atoms with Gasteiger partial charge in [0.2, 0.25) is 0 Å². The average Bonchev–Trinajstić information content (AvgIpc) is 2.75. The molecule has 0 spiro atoms. The number of nitrogens with zero attached hydrogens (tertiary/aromatic N) is 2. The van der Waals surface area contributed by atoms with Gasteiger partial charge >= 0.3 is 0 Å². The molecule has 1 unspecified atom stereocenters. The molecule has 1 heterocycles. The van der Waals surface area contributed by atoms with Gasteiger partial charge in [-0.3, -0.25) is 4.68 Å². The lowest BCUT2D eigenvalue weighted by atomic mass is 10.1. The molecule has 0 saturated heterocycles. The molecule has 0 aliphatic rings. The predicted molar refractivity (Wildman–Crippen MR) is 77.5 cm³/mol. The van der Waals surface area contributed by atoms with E-state index in [-0.39, 0.29) is 0 Å². The van der Waals surface area contributed by atoms with Crippen LogP contribution in [0.15, 0.2) is 41.1 Å². The van der Waals surface area contributed by atoms with Crippen LogP contribution in [0.4, 0.5) is 0 Å². The Morgan fingerprint density at radius 2 is 2.28 bits per heavy atom. The zero-order chi connectivity index (χ0) is 13.0. The fourth-order valence-corrected chi connectivity index (χ4v) is 2.30. The van der Waals surface area contributed by atoms with E-state index in [9.17, 15) is 0 Å². The van der Waals surface area contributed by atoms with E-state index in [0.29, 0.717) is 6.04 Å². The molecule has 0 aliphatic heterocycles. The van der Waals surface area contributed by atoms with Crippen LogP contribution in [-0.4, -0.2) is 16.3 Å². The lowest BCUT2D eigenvalue weighted by Crippen LogP contribution is -2.23. The van der Waals surface area contributed by atoms with Crippen molar-refractivity contribution in [3.63, 3.8) is 0 Å². The highest BCUT2D eigenvalue weighted by Gasteiger charge is 2.04. The average molecular weight is 308 g/mol. The van der Waals surface area contributed by atoms with E-state index in [1.807, 2.05) is 16.9 Å². The highest BCUT2D eigenvalue weighted by molar-refractivity contribution is 9.10. The monoisotopic (exact) mass is 307 g/mol. The second-order valence-corrected chi connectivity index (χ2v) is 5.43. The molecular formula is C14H18BrN3. The van der Waals surface area contributed by atoms with Crippen LogP contribution in [0.25, 0.3) is 0 Å². The third kappa shape index (κ3) is 3.68. The molecule has 0 bridgehead atoms. The van der Waals surface area contributed by atoms with Gasteiger partial charge in [-0.15, -0.1) is 0 Å². The number of aromatic nitrogens is 2. The highest BCUT2D eigenvalue weighted by Crippen LogP contribution is 2.17. The first-order valence-electron chi connectivity index (χ1n) is 6.13. The molecule has 0 saturated carbocycles. The summed E-state index contributed by atoms with van der Waals surface area (Å²) in [7, 11) is 0. The van der Waals surface area contributed by atoms with Gasteiger partial charge in [0.15, 0.2) is 0 Å². The molecule has 1 aromatic heterocycles. The van der Waals surface area contributed by atoms with E-state index in [4.69, 9.17) is 0 Å². The summed E-state index contributed by atoms with van der Waals surface area (Å²) in [5.74, 6) is 0. The van der Waals surface area contributed by atoms with E-state index < -0.39 is 0 Å². The van der Waals surface area contributed by atoms with Gasteiger partial charge in [-0.05, 0) is 37.1 Å². The highest BCUT2D eigenvalue weighted by atomic mass is 79.9. The molecule has 3 nitrogen and oxygen atoms in total. The SMILES string of the molecule is Cc1cnn(CCNC(C)c2cccc(Br)c2)c1. The Hall–Kier alpha value is -1.13. The Balaban J connectivity index is 1.83. The van der Waals surface area contributed by atoms with Gasteiger partial charge in [-0.1, -0.05) is 28.1 Å². The Morgan fingerprint density at radius 1 is 1.44 bits per heavy atom. The molecule has 1 atom stereocenters. The lowest BCUT2D eigenvalue weighted by Gasteiger charge is -2.14. The van der Waals surface area contributed by atoms with Gasteiger partial charge in [0, 0.05) is 23.3 Å². The number of nitrogens with one attached hydrogen (secondary N) is 1. The van der Waals surface area contributed by atoms with Gasteiger partial charge in [-0.25, -0.2) is 0 Å². The molecule has 1 aromatic carbocycles. The smallest absolute Gasteiger partial charge is 0.0534 e. The molecule has 0 fully saturated rings. The first kappa shape index (κ1) is 13.3. The number of benzene rings is 1. The first-order chi connectivity index (χ1) is 8.65. The van der Waals surface area contributed by atoms with Crippen LogP contribution in [0.3, 0.4) is 0 Å². The summed E-state index contributed by atoms with van der Waals surface area (Å²) in [4.78, 5) is 0. The van der Waals surface area contributed by atoms with Crippen molar-refractivity contribution in [1.29, 1.82) is 0 Å². The Bertz CT molecular complexity index is 507. The van der Waals surface area contributed by atoms with Gasteiger partial charge in [-0.2, -0.15) is 5.10 Å². The van der Waals surface area contributed by atoms with E-state index in [0.717, 1.165) is 17.6 Å². The van der Waals surface area contributed by atoms with Crippen LogP contribution in [0.5, 0.6) is 0 Å². The Labute approximate surface area is 116 Å². The molecule has 1 N–H and O–H groups in total. The molecule has 0 amide bonds. The predicted octanol–water partition coefficient (Wildman–Crippen LogP) is 3.30. The number of rotatable bonds is 5. The van der Waals surface area contributed by atoms with E-state index >= 15 is 0 Å². The van der Waals surface area contributed by atoms with Gasteiger partial charge < -0.3 is 5.32 Å². The fourth-order valence-electron chi connectivity index (χ4n) is 1.88. The summed E-state index contributed by atoms with van der Waals surface area (Å²) in [5.41, 5.74) is 2.50. The van der Waals surface area contributed by atoms with E-state index in [1.165, 1.54) is 11.1 Å². The summed E-state index contributed by atoms with van der Waals surface area (Å²) in [6.07, 6.45) is 3.95. The summed E-state index contributed by atoms with van der Waals surface area (Å²) in [6.45, 7) is 6.04. The maximum atomic E-state index is 4.27.